The van der Waals surface area contributed by atoms with Crippen molar-refractivity contribution in [1.29, 1.82) is 0 Å². The third kappa shape index (κ3) is 3.13. The van der Waals surface area contributed by atoms with Crippen LogP contribution < -0.4 is 9.64 Å². The lowest BCUT2D eigenvalue weighted by Crippen LogP contribution is -2.41. The molecule has 1 aliphatic rings. The van der Waals surface area contributed by atoms with Crippen LogP contribution in [-0.4, -0.2) is 28.7 Å². The van der Waals surface area contributed by atoms with Gasteiger partial charge in [0.2, 0.25) is 0 Å². The summed E-state index contributed by atoms with van der Waals surface area (Å²) in [6, 6.07) is 9.28. The number of carboxylic acid groups (broad SMARTS) is 1. The summed E-state index contributed by atoms with van der Waals surface area (Å²) in [6.45, 7) is 5.54. The van der Waals surface area contributed by atoms with Gasteiger partial charge in [0.05, 0.1) is 11.6 Å². The summed E-state index contributed by atoms with van der Waals surface area (Å²) in [5, 5.41) is 9.15. The summed E-state index contributed by atoms with van der Waals surface area (Å²) in [6.07, 6.45) is 3.57. The molecule has 0 unspecified atom stereocenters. The third-order valence-electron chi connectivity index (χ3n) is 4.23. The van der Waals surface area contributed by atoms with Crippen molar-refractivity contribution in [3.8, 4) is 5.75 Å². The minimum Gasteiger partial charge on any atom is -0.491 e. The maximum absolute atomic E-state index is 11.2. The molecule has 2 aromatic rings. The van der Waals surface area contributed by atoms with Crippen LogP contribution in [0.5, 0.6) is 5.75 Å². The van der Waals surface area contributed by atoms with Gasteiger partial charge in [-0.3, -0.25) is 4.98 Å². The third-order valence-corrected chi connectivity index (χ3v) is 4.23. The van der Waals surface area contributed by atoms with Crippen molar-refractivity contribution in [2.45, 2.75) is 26.4 Å². The SMILES string of the molecule is CC(C)[C@H]1COc2cc(C(=O)O)ccc2CN1c1ccncc1. The number of aromatic carboxylic acids is 1. The summed E-state index contributed by atoms with van der Waals surface area (Å²) in [7, 11) is 0. The molecule has 0 bridgehead atoms. The number of hydrogen-bond donors (Lipinski definition) is 1. The molecule has 0 aliphatic carbocycles. The van der Waals surface area contributed by atoms with Crippen LogP contribution in [-0.2, 0) is 6.54 Å². The van der Waals surface area contributed by atoms with Gasteiger partial charge in [-0.25, -0.2) is 4.79 Å². The molecule has 0 saturated heterocycles. The average Bonchev–Trinajstić information content (AvgIpc) is 2.74. The molecular weight excluding hydrogens is 292 g/mol. The fourth-order valence-corrected chi connectivity index (χ4v) is 2.89. The minimum absolute atomic E-state index is 0.207. The summed E-state index contributed by atoms with van der Waals surface area (Å²) in [4.78, 5) is 17.5. The van der Waals surface area contributed by atoms with Crippen LogP contribution in [0.2, 0.25) is 0 Å². The van der Waals surface area contributed by atoms with Gasteiger partial charge in [-0.15, -0.1) is 0 Å². The molecule has 5 nitrogen and oxygen atoms in total. The number of anilines is 1. The summed E-state index contributed by atoms with van der Waals surface area (Å²) >= 11 is 0. The van der Waals surface area contributed by atoms with Gasteiger partial charge in [0.15, 0.2) is 0 Å². The van der Waals surface area contributed by atoms with Gasteiger partial charge in [-0.1, -0.05) is 19.9 Å². The van der Waals surface area contributed by atoms with Crippen LogP contribution in [0.1, 0.15) is 29.8 Å². The van der Waals surface area contributed by atoms with E-state index in [0.717, 1.165) is 11.3 Å². The Hall–Kier alpha value is -2.56. The summed E-state index contributed by atoms with van der Waals surface area (Å²) < 4.78 is 5.94. The van der Waals surface area contributed by atoms with Crippen LogP contribution >= 0.6 is 0 Å². The maximum Gasteiger partial charge on any atom is 0.335 e. The second-order valence-electron chi connectivity index (χ2n) is 6.08. The van der Waals surface area contributed by atoms with Crippen molar-refractivity contribution in [2.24, 2.45) is 5.92 Å². The highest BCUT2D eigenvalue weighted by Crippen LogP contribution is 2.31. The minimum atomic E-state index is -0.938. The van der Waals surface area contributed by atoms with E-state index in [9.17, 15) is 4.79 Å². The Morgan fingerprint density at radius 2 is 2.04 bits per heavy atom. The van der Waals surface area contributed by atoms with E-state index in [0.29, 0.717) is 24.8 Å². The molecule has 0 fully saturated rings. The second-order valence-corrected chi connectivity index (χ2v) is 6.08. The zero-order valence-corrected chi connectivity index (χ0v) is 13.3. The second kappa shape index (κ2) is 6.28. The smallest absolute Gasteiger partial charge is 0.335 e. The van der Waals surface area contributed by atoms with Crippen LogP contribution in [0.15, 0.2) is 42.7 Å². The molecule has 120 valence electrons. The van der Waals surface area contributed by atoms with E-state index < -0.39 is 5.97 Å². The maximum atomic E-state index is 11.2. The molecular formula is C18H20N2O3. The van der Waals surface area contributed by atoms with E-state index in [2.05, 4.69) is 23.7 Å². The van der Waals surface area contributed by atoms with Gasteiger partial charge in [-0.2, -0.15) is 0 Å². The normalized spacial score (nSPS) is 17.3. The lowest BCUT2D eigenvalue weighted by atomic mass is 10.0. The molecule has 0 spiro atoms. The lowest BCUT2D eigenvalue weighted by molar-refractivity contribution is 0.0696. The van der Waals surface area contributed by atoms with Gasteiger partial charge in [0, 0.05) is 30.2 Å². The predicted molar refractivity (Wildman–Crippen MR) is 87.9 cm³/mol. The number of carbonyl (C=O) groups is 1. The number of pyridine rings is 1. The molecule has 1 aromatic heterocycles. The van der Waals surface area contributed by atoms with Crippen molar-refractivity contribution in [3.05, 3.63) is 53.9 Å². The Labute approximate surface area is 135 Å². The van der Waals surface area contributed by atoms with Crippen molar-refractivity contribution in [1.82, 2.24) is 4.98 Å². The van der Waals surface area contributed by atoms with Crippen LogP contribution in [0.4, 0.5) is 5.69 Å². The van der Waals surface area contributed by atoms with Gasteiger partial charge < -0.3 is 14.7 Å². The zero-order chi connectivity index (χ0) is 16.4. The Bertz CT molecular complexity index is 701. The van der Waals surface area contributed by atoms with E-state index in [1.807, 2.05) is 18.2 Å². The number of benzene rings is 1. The molecule has 23 heavy (non-hydrogen) atoms. The largest absolute Gasteiger partial charge is 0.491 e. The fourth-order valence-electron chi connectivity index (χ4n) is 2.89. The number of rotatable bonds is 3. The van der Waals surface area contributed by atoms with Gasteiger partial charge in [0.1, 0.15) is 12.4 Å². The van der Waals surface area contributed by atoms with E-state index in [1.54, 1.807) is 24.5 Å². The topological polar surface area (TPSA) is 62.7 Å². The molecule has 1 aliphatic heterocycles. The standard InChI is InChI=1S/C18H20N2O3/c1-12(2)16-11-23-17-9-13(18(21)22)3-4-14(17)10-20(16)15-5-7-19-8-6-15/h3-9,12,16H,10-11H2,1-2H3,(H,21,22)/t16-/m1/s1. The number of nitrogens with zero attached hydrogens (tertiary/aromatic N) is 2. The number of hydrogen-bond acceptors (Lipinski definition) is 4. The van der Waals surface area contributed by atoms with E-state index in [1.165, 1.54) is 0 Å². The van der Waals surface area contributed by atoms with Gasteiger partial charge in [0.25, 0.3) is 0 Å². The van der Waals surface area contributed by atoms with E-state index >= 15 is 0 Å². The first-order chi connectivity index (χ1) is 11.1. The quantitative estimate of drug-likeness (QED) is 0.943. The molecule has 0 saturated carbocycles. The molecule has 2 heterocycles. The monoisotopic (exact) mass is 312 g/mol. The first kappa shape index (κ1) is 15.3. The highest BCUT2D eigenvalue weighted by Gasteiger charge is 2.28. The Morgan fingerprint density at radius 1 is 1.30 bits per heavy atom. The average molecular weight is 312 g/mol. The van der Waals surface area contributed by atoms with Crippen molar-refractivity contribution in [3.63, 3.8) is 0 Å². The van der Waals surface area contributed by atoms with E-state index in [-0.39, 0.29) is 11.6 Å². The molecule has 0 amide bonds. The highest BCUT2D eigenvalue weighted by atomic mass is 16.5. The molecule has 5 heteroatoms. The Kier molecular flexibility index (Phi) is 4.19. The first-order valence-electron chi connectivity index (χ1n) is 7.72. The Balaban J connectivity index is 1.99. The van der Waals surface area contributed by atoms with Crippen LogP contribution in [0.3, 0.4) is 0 Å². The van der Waals surface area contributed by atoms with Gasteiger partial charge >= 0.3 is 5.97 Å². The highest BCUT2D eigenvalue weighted by molar-refractivity contribution is 5.88. The predicted octanol–water partition coefficient (Wildman–Crippen LogP) is 3.20. The number of fused-ring (bicyclic) bond motifs is 1. The first-order valence-corrected chi connectivity index (χ1v) is 7.72. The molecule has 1 atom stereocenters. The lowest BCUT2D eigenvalue weighted by Gasteiger charge is -2.33. The molecule has 1 aromatic carbocycles. The Morgan fingerprint density at radius 3 is 2.70 bits per heavy atom. The summed E-state index contributed by atoms with van der Waals surface area (Å²) in [5.74, 6) is 0.121. The number of aromatic nitrogens is 1. The van der Waals surface area contributed by atoms with Gasteiger partial charge in [-0.05, 0) is 30.2 Å². The van der Waals surface area contributed by atoms with Crippen LogP contribution in [0, 0.1) is 5.92 Å². The molecule has 1 N–H and O–H groups in total. The number of carboxylic acids is 1. The molecule has 0 radical (unpaired) electrons. The van der Waals surface area contributed by atoms with Crippen LogP contribution in [0.25, 0.3) is 0 Å². The zero-order valence-electron chi connectivity index (χ0n) is 13.3. The van der Waals surface area contributed by atoms with E-state index in [4.69, 9.17) is 9.84 Å². The number of ether oxygens (including phenoxy) is 1. The molecule has 3 rings (SSSR count). The van der Waals surface area contributed by atoms with Crippen molar-refractivity contribution >= 4 is 11.7 Å². The van der Waals surface area contributed by atoms with Crippen molar-refractivity contribution < 1.29 is 14.6 Å². The fraction of sp³-hybridized carbons (Fsp3) is 0.333. The van der Waals surface area contributed by atoms with Crippen molar-refractivity contribution in [2.75, 3.05) is 11.5 Å². The summed E-state index contributed by atoms with van der Waals surface area (Å²) in [5.41, 5.74) is 2.34.